The Hall–Kier alpha value is -3.18. The standard InChI is InChI=1S/C16H8F2N2O/c17-13-6-14(18)8-15(7-13)21-16-4-2-1-3-12(16)5-11(9-19)10-20/h1-8H. The molecule has 0 heterocycles. The lowest BCUT2D eigenvalue weighted by Crippen LogP contribution is -1.90. The minimum atomic E-state index is -0.757. The van der Waals surface area contributed by atoms with Crippen molar-refractivity contribution in [2.24, 2.45) is 0 Å². The second-order valence-electron chi connectivity index (χ2n) is 4.03. The van der Waals surface area contributed by atoms with E-state index in [4.69, 9.17) is 15.3 Å². The summed E-state index contributed by atoms with van der Waals surface area (Å²) in [5.74, 6) is -1.24. The van der Waals surface area contributed by atoms with Crippen molar-refractivity contribution in [2.75, 3.05) is 0 Å². The molecule has 0 aliphatic heterocycles. The van der Waals surface area contributed by atoms with E-state index in [0.717, 1.165) is 18.2 Å². The molecule has 0 fully saturated rings. The molecule has 0 spiro atoms. The Morgan fingerprint density at radius 1 is 1.00 bits per heavy atom. The summed E-state index contributed by atoms with van der Waals surface area (Å²) in [6.45, 7) is 0. The molecule has 0 bridgehead atoms. The van der Waals surface area contributed by atoms with Gasteiger partial charge in [-0.15, -0.1) is 0 Å². The molecule has 0 unspecified atom stereocenters. The van der Waals surface area contributed by atoms with E-state index in [1.165, 1.54) is 6.08 Å². The van der Waals surface area contributed by atoms with E-state index in [2.05, 4.69) is 0 Å². The maximum Gasteiger partial charge on any atom is 0.134 e. The number of para-hydroxylation sites is 1. The van der Waals surface area contributed by atoms with Gasteiger partial charge >= 0.3 is 0 Å². The molecule has 3 nitrogen and oxygen atoms in total. The van der Waals surface area contributed by atoms with Crippen molar-refractivity contribution in [2.45, 2.75) is 0 Å². The zero-order chi connectivity index (χ0) is 15.2. The van der Waals surface area contributed by atoms with E-state index in [9.17, 15) is 8.78 Å². The first-order valence-corrected chi connectivity index (χ1v) is 5.87. The fourth-order valence-electron chi connectivity index (χ4n) is 1.65. The van der Waals surface area contributed by atoms with E-state index in [-0.39, 0.29) is 17.1 Å². The van der Waals surface area contributed by atoms with E-state index in [1.54, 1.807) is 36.4 Å². The minimum Gasteiger partial charge on any atom is -0.457 e. The highest BCUT2D eigenvalue weighted by Gasteiger charge is 2.06. The molecule has 0 atom stereocenters. The average molecular weight is 282 g/mol. The molecule has 2 aromatic rings. The highest BCUT2D eigenvalue weighted by atomic mass is 19.1. The molecule has 0 saturated heterocycles. The molecular weight excluding hydrogens is 274 g/mol. The van der Waals surface area contributed by atoms with E-state index >= 15 is 0 Å². The van der Waals surface area contributed by atoms with Crippen LogP contribution in [0.5, 0.6) is 11.5 Å². The number of nitriles is 2. The summed E-state index contributed by atoms with van der Waals surface area (Å²) in [4.78, 5) is 0. The van der Waals surface area contributed by atoms with Crippen molar-refractivity contribution in [3.8, 4) is 23.6 Å². The number of benzene rings is 2. The maximum absolute atomic E-state index is 13.1. The summed E-state index contributed by atoms with van der Waals surface area (Å²) >= 11 is 0. The molecule has 0 N–H and O–H groups in total. The molecule has 0 aliphatic rings. The van der Waals surface area contributed by atoms with E-state index < -0.39 is 11.6 Å². The third-order valence-electron chi connectivity index (χ3n) is 2.52. The molecule has 0 aromatic heterocycles. The van der Waals surface area contributed by atoms with Crippen LogP contribution in [-0.2, 0) is 0 Å². The fraction of sp³-hybridized carbons (Fsp3) is 0. The first kappa shape index (κ1) is 14.2. The number of halogens is 2. The normalized spacial score (nSPS) is 9.33. The molecule has 0 aliphatic carbocycles. The zero-order valence-electron chi connectivity index (χ0n) is 10.7. The summed E-state index contributed by atoms with van der Waals surface area (Å²) in [5, 5.41) is 17.5. The summed E-state index contributed by atoms with van der Waals surface area (Å²) in [6, 6.07) is 12.8. The Balaban J connectivity index is 2.40. The molecule has 0 radical (unpaired) electrons. The lowest BCUT2D eigenvalue weighted by atomic mass is 10.1. The fourth-order valence-corrected chi connectivity index (χ4v) is 1.65. The van der Waals surface area contributed by atoms with E-state index in [1.807, 2.05) is 0 Å². The summed E-state index contributed by atoms with van der Waals surface area (Å²) < 4.78 is 31.7. The third-order valence-corrected chi connectivity index (χ3v) is 2.52. The summed E-state index contributed by atoms with van der Waals surface area (Å²) in [6.07, 6.45) is 1.34. The first-order valence-electron chi connectivity index (χ1n) is 5.87. The smallest absolute Gasteiger partial charge is 0.134 e. The van der Waals surface area contributed by atoms with Gasteiger partial charge in [-0.25, -0.2) is 8.78 Å². The second-order valence-corrected chi connectivity index (χ2v) is 4.03. The predicted octanol–water partition coefficient (Wildman–Crippen LogP) is 4.19. The van der Waals surface area contributed by atoms with Gasteiger partial charge in [-0.1, -0.05) is 18.2 Å². The lowest BCUT2D eigenvalue weighted by molar-refractivity contribution is 0.467. The van der Waals surface area contributed by atoms with Crippen LogP contribution in [0.1, 0.15) is 5.56 Å². The van der Waals surface area contributed by atoms with Crippen molar-refractivity contribution in [1.29, 1.82) is 10.5 Å². The van der Waals surface area contributed by atoms with Crippen molar-refractivity contribution >= 4 is 6.08 Å². The number of allylic oxidation sites excluding steroid dienone is 1. The zero-order valence-corrected chi connectivity index (χ0v) is 10.7. The Labute approximate surface area is 119 Å². The van der Waals surface area contributed by atoms with Crippen LogP contribution in [0.4, 0.5) is 8.78 Å². The largest absolute Gasteiger partial charge is 0.457 e. The van der Waals surface area contributed by atoms with Gasteiger partial charge < -0.3 is 4.74 Å². The summed E-state index contributed by atoms with van der Waals surface area (Å²) in [7, 11) is 0. The SMILES string of the molecule is N#CC(C#N)=Cc1ccccc1Oc1cc(F)cc(F)c1. The molecule has 2 rings (SSSR count). The van der Waals surface area contributed by atoms with Crippen LogP contribution in [0.2, 0.25) is 0 Å². The van der Waals surface area contributed by atoms with Gasteiger partial charge in [0.2, 0.25) is 0 Å². The maximum atomic E-state index is 13.1. The van der Waals surface area contributed by atoms with Gasteiger partial charge in [0.15, 0.2) is 0 Å². The van der Waals surface area contributed by atoms with Gasteiger partial charge in [-0.05, 0) is 12.1 Å². The van der Waals surface area contributed by atoms with Crippen molar-refractivity contribution in [1.82, 2.24) is 0 Å². The first-order chi connectivity index (χ1) is 10.1. The predicted molar refractivity (Wildman–Crippen MR) is 72.1 cm³/mol. The Kier molecular flexibility index (Phi) is 4.28. The van der Waals surface area contributed by atoms with Crippen LogP contribution in [0, 0.1) is 34.3 Å². The number of hydrogen-bond donors (Lipinski definition) is 0. The van der Waals surface area contributed by atoms with E-state index in [0.29, 0.717) is 5.56 Å². The number of rotatable bonds is 3. The molecule has 21 heavy (non-hydrogen) atoms. The quantitative estimate of drug-likeness (QED) is 0.793. The minimum absolute atomic E-state index is 0.0104. The highest BCUT2D eigenvalue weighted by molar-refractivity contribution is 5.66. The molecular formula is C16H8F2N2O. The molecule has 2 aromatic carbocycles. The Morgan fingerprint density at radius 3 is 2.24 bits per heavy atom. The molecule has 5 heteroatoms. The van der Waals surface area contributed by atoms with Crippen molar-refractivity contribution < 1.29 is 13.5 Å². The highest BCUT2D eigenvalue weighted by Crippen LogP contribution is 2.28. The van der Waals surface area contributed by atoms with Crippen LogP contribution in [0.15, 0.2) is 48.0 Å². The Morgan fingerprint density at radius 2 is 1.62 bits per heavy atom. The number of ether oxygens (including phenoxy) is 1. The van der Waals surface area contributed by atoms with Crippen LogP contribution >= 0.6 is 0 Å². The van der Waals surface area contributed by atoms with Crippen LogP contribution in [-0.4, -0.2) is 0 Å². The topological polar surface area (TPSA) is 56.8 Å². The molecule has 0 amide bonds. The molecule has 0 saturated carbocycles. The van der Waals surface area contributed by atoms with Gasteiger partial charge in [0.05, 0.1) is 0 Å². The van der Waals surface area contributed by atoms with Gasteiger partial charge in [0.25, 0.3) is 0 Å². The second kappa shape index (κ2) is 6.31. The van der Waals surface area contributed by atoms with Crippen LogP contribution < -0.4 is 4.74 Å². The average Bonchev–Trinajstić information content (AvgIpc) is 2.45. The summed E-state index contributed by atoms with van der Waals surface area (Å²) in [5.41, 5.74) is 0.358. The van der Waals surface area contributed by atoms with Gasteiger partial charge in [0, 0.05) is 23.8 Å². The molecule has 102 valence electrons. The van der Waals surface area contributed by atoms with Gasteiger partial charge in [0.1, 0.15) is 40.8 Å². The van der Waals surface area contributed by atoms with Crippen LogP contribution in [0.3, 0.4) is 0 Å². The monoisotopic (exact) mass is 282 g/mol. The van der Waals surface area contributed by atoms with Crippen LogP contribution in [0.25, 0.3) is 6.08 Å². The van der Waals surface area contributed by atoms with Crippen molar-refractivity contribution in [3.05, 3.63) is 65.2 Å². The number of hydrogen-bond acceptors (Lipinski definition) is 3. The van der Waals surface area contributed by atoms with Gasteiger partial charge in [-0.3, -0.25) is 0 Å². The number of nitrogens with zero attached hydrogens (tertiary/aromatic N) is 2. The lowest BCUT2D eigenvalue weighted by Gasteiger charge is -2.09. The third kappa shape index (κ3) is 3.65. The van der Waals surface area contributed by atoms with Crippen molar-refractivity contribution in [3.63, 3.8) is 0 Å². The Bertz CT molecular complexity index is 749. The van der Waals surface area contributed by atoms with Gasteiger partial charge in [-0.2, -0.15) is 10.5 Å².